The number of hydrogen-bond donors (Lipinski definition) is 0. The number of carbonyl (C=O) groups is 1. The van der Waals surface area contributed by atoms with E-state index in [9.17, 15) is 4.79 Å². The van der Waals surface area contributed by atoms with Crippen LogP contribution in [0.5, 0.6) is 0 Å². The van der Waals surface area contributed by atoms with E-state index in [4.69, 9.17) is 0 Å². The van der Waals surface area contributed by atoms with Gasteiger partial charge in [-0.05, 0) is 26.0 Å². The molecule has 1 aromatic carbocycles. The fourth-order valence-electron chi connectivity index (χ4n) is 2.31. The molecule has 0 radical (unpaired) electrons. The molecule has 0 fully saturated rings. The van der Waals surface area contributed by atoms with Gasteiger partial charge in [0.05, 0.1) is 0 Å². The van der Waals surface area contributed by atoms with E-state index in [1.54, 1.807) is 0 Å². The molecule has 96 valence electrons. The van der Waals surface area contributed by atoms with Crippen molar-refractivity contribution >= 4 is 32.6 Å². The Morgan fingerprint density at radius 1 is 1.39 bits per heavy atom. The third kappa shape index (κ3) is 2.01. The molecule has 18 heavy (non-hydrogen) atoms. The summed E-state index contributed by atoms with van der Waals surface area (Å²) in [6.45, 7) is 6.04. The van der Waals surface area contributed by atoms with Gasteiger partial charge in [0.2, 0.25) is 0 Å². The second-order valence-corrected chi connectivity index (χ2v) is 5.61. The van der Waals surface area contributed by atoms with E-state index in [-0.39, 0.29) is 11.7 Å². The summed E-state index contributed by atoms with van der Waals surface area (Å²) in [5.41, 5.74) is 4.24. The summed E-state index contributed by atoms with van der Waals surface area (Å²) in [4.78, 5) is 12.5. The van der Waals surface area contributed by atoms with Crippen LogP contribution in [0.4, 0.5) is 0 Å². The second kappa shape index (κ2) is 4.88. The molecule has 0 saturated heterocycles. The molecule has 0 spiro atoms. The Balaban J connectivity index is 2.73. The van der Waals surface area contributed by atoms with Crippen LogP contribution in [-0.2, 0) is 7.05 Å². The second-order valence-electron chi connectivity index (χ2n) is 4.96. The molecule has 0 aliphatic rings. The van der Waals surface area contributed by atoms with Gasteiger partial charge in [0.1, 0.15) is 0 Å². The monoisotopic (exact) mass is 307 g/mol. The Kier molecular flexibility index (Phi) is 3.62. The molecule has 0 N–H and O–H groups in total. The van der Waals surface area contributed by atoms with Crippen molar-refractivity contribution in [1.29, 1.82) is 0 Å². The van der Waals surface area contributed by atoms with Crippen LogP contribution in [0, 0.1) is 19.8 Å². The summed E-state index contributed by atoms with van der Waals surface area (Å²) in [6, 6.07) is 6.29. The highest BCUT2D eigenvalue weighted by Gasteiger charge is 2.22. The van der Waals surface area contributed by atoms with Gasteiger partial charge in [0.15, 0.2) is 5.78 Å². The van der Waals surface area contributed by atoms with E-state index in [1.807, 2.05) is 20.9 Å². The molecule has 0 amide bonds. The number of ketones is 1. The lowest BCUT2D eigenvalue weighted by atomic mass is 9.98. The molecule has 1 heterocycles. The number of nitrogens with zero attached hydrogens (tertiary/aromatic N) is 1. The van der Waals surface area contributed by atoms with Crippen molar-refractivity contribution in [2.24, 2.45) is 13.0 Å². The van der Waals surface area contributed by atoms with Crippen molar-refractivity contribution in [2.45, 2.75) is 20.8 Å². The van der Waals surface area contributed by atoms with Crippen LogP contribution < -0.4 is 0 Å². The Labute approximate surface area is 116 Å². The van der Waals surface area contributed by atoms with Crippen LogP contribution in [0.25, 0.3) is 10.9 Å². The first-order valence-corrected chi connectivity index (χ1v) is 7.25. The molecular weight excluding hydrogens is 290 g/mol. The lowest BCUT2D eigenvalue weighted by molar-refractivity contribution is 0.0943. The summed E-state index contributed by atoms with van der Waals surface area (Å²) < 4.78 is 2.10. The predicted octanol–water partition coefficient (Wildman–Crippen LogP) is 4.01. The van der Waals surface area contributed by atoms with E-state index in [0.717, 1.165) is 22.2 Å². The molecular formula is C15H18BrNO. The summed E-state index contributed by atoms with van der Waals surface area (Å²) in [5.74, 6) is 0.232. The lowest BCUT2D eigenvalue weighted by Gasteiger charge is -2.07. The van der Waals surface area contributed by atoms with Gasteiger partial charge in [-0.3, -0.25) is 4.79 Å². The molecule has 0 aliphatic carbocycles. The summed E-state index contributed by atoms with van der Waals surface area (Å²) >= 11 is 3.39. The van der Waals surface area contributed by atoms with Crippen molar-refractivity contribution in [3.63, 3.8) is 0 Å². The maximum atomic E-state index is 12.5. The van der Waals surface area contributed by atoms with Crippen molar-refractivity contribution in [2.75, 3.05) is 5.33 Å². The predicted molar refractivity (Wildman–Crippen MR) is 79.7 cm³/mol. The van der Waals surface area contributed by atoms with Gasteiger partial charge < -0.3 is 4.57 Å². The Hall–Kier alpha value is -1.09. The summed E-state index contributed by atoms with van der Waals surface area (Å²) in [7, 11) is 2.02. The first-order chi connectivity index (χ1) is 8.47. The van der Waals surface area contributed by atoms with Crippen LogP contribution in [-0.4, -0.2) is 15.7 Å². The molecule has 1 atom stereocenters. The number of benzene rings is 1. The number of alkyl halides is 1. The Morgan fingerprint density at radius 3 is 2.67 bits per heavy atom. The average molecular weight is 308 g/mol. The molecule has 0 aliphatic heterocycles. The van der Waals surface area contributed by atoms with Crippen molar-refractivity contribution in [1.82, 2.24) is 4.57 Å². The number of aromatic nitrogens is 1. The Bertz CT molecular complexity index is 612. The van der Waals surface area contributed by atoms with Gasteiger partial charge in [-0.2, -0.15) is 0 Å². The standard InChI is InChI=1S/C15H18BrNO/c1-9-5-6-13-12(7-9)14(11(3)17(13)4)15(18)10(2)8-16/h5-7,10H,8H2,1-4H3. The van der Waals surface area contributed by atoms with E-state index in [0.29, 0.717) is 5.33 Å². The van der Waals surface area contributed by atoms with Gasteiger partial charge in [0.25, 0.3) is 0 Å². The molecule has 0 saturated carbocycles. The van der Waals surface area contributed by atoms with Crippen LogP contribution in [0.1, 0.15) is 28.5 Å². The molecule has 0 bridgehead atoms. The molecule has 2 rings (SSSR count). The first kappa shape index (κ1) is 13.3. The maximum Gasteiger partial charge on any atom is 0.168 e. The summed E-state index contributed by atoms with van der Waals surface area (Å²) in [5, 5.41) is 1.78. The zero-order valence-corrected chi connectivity index (χ0v) is 12.8. The number of rotatable bonds is 3. The van der Waals surface area contributed by atoms with Gasteiger partial charge in [-0.25, -0.2) is 0 Å². The number of Topliss-reactive ketones (excluding diaryl/α,β-unsaturated/α-hetero) is 1. The topological polar surface area (TPSA) is 22.0 Å². The van der Waals surface area contributed by atoms with Crippen molar-refractivity contribution in [3.8, 4) is 0 Å². The van der Waals surface area contributed by atoms with Crippen LogP contribution >= 0.6 is 15.9 Å². The molecule has 1 aromatic heterocycles. The van der Waals surface area contributed by atoms with Crippen LogP contribution in [0.3, 0.4) is 0 Å². The quantitative estimate of drug-likeness (QED) is 0.620. The summed E-state index contributed by atoms with van der Waals surface area (Å²) in [6.07, 6.45) is 0. The minimum Gasteiger partial charge on any atom is -0.347 e. The van der Waals surface area contributed by atoms with Gasteiger partial charge in [0, 0.05) is 40.5 Å². The third-order valence-corrected chi connectivity index (χ3v) is 4.54. The number of fused-ring (bicyclic) bond motifs is 1. The minimum atomic E-state index is 0.00909. The smallest absolute Gasteiger partial charge is 0.168 e. The van der Waals surface area contributed by atoms with Crippen LogP contribution in [0.15, 0.2) is 18.2 Å². The van der Waals surface area contributed by atoms with E-state index < -0.39 is 0 Å². The highest BCUT2D eigenvalue weighted by atomic mass is 79.9. The number of carbonyl (C=O) groups excluding carboxylic acids is 1. The maximum absolute atomic E-state index is 12.5. The lowest BCUT2D eigenvalue weighted by Crippen LogP contribution is -2.13. The van der Waals surface area contributed by atoms with Crippen molar-refractivity contribution in [3.05, 3.63) is 35.0 Å². The Morgan fingerprint density at radius 2 is 2.06 bits per heavy atom. The van der Waals surface area contributed by atoms with E-state index >= 15 is 0 Å². The molecule has 2 aromatic rings. The molecule has 1 unspecified atom stereocenters. The zero-order valence-electron chi connectivity index (χ0n) is 11.2. The molecule has 2 nitrogen and oxygen atoms in total. The third-order valence-electron chi connectivity index (χ3n) is 3.57. The minimum absolute atomic E-state index is 0.00909. The molecule has 3 heteroatoms. The number of hydrogen-bond acceptors (Lipinski definition) is 1. The first-order valence-electron chi connectivity index (χ1n) is 6.13. The fraction of sp³-hybridized carbons (Fsp3) is 0.400. The van der Waals surface area contributed by atoms with Gasteiger partial charge >= 0.3 is 0 Å². The highest BCUT2D eigenvalue weighted by molar-refractivity contribution is 9.09. The highest BCUT2D eigenvalue weighted by Crippen LogP contribution is 2.28. The number of halogens is 1. The normalized spacial score (nSPS) is 12.9. The van der Waals surface area contributed by atoms with Crippen molar-refractivity contribution < 1.29 is 4.79 Å². The fourth-order valence-corrected chi connectivity index (χ4v) is 2.61. The van der Waals surface area contributed by atoms with Gasteiger partial charge in [-0.15, -0.1) is 0 Å². The number of aryl methyl sites for hydroxylation is 2. The zero-order chi connectivity index (χ0) is 13.4. The van der Waals surface area contributed by atoms with Crippen LogP contribution in [0.2, 0.25) is 0 Å². The van der Waals surface area contributed by atoms with E-state index in [2.05, 4.69) is 45.6 Å². The van der Waals surface area contributed by atoms with E-state index in [1.165, 1.54) is 5.56 Å². The van der Waals surface area contributed by atoms with Gasteiger partial charge in [-0.1, -0.05) is 34.5 Å². The average Bonchev–Trinajstić information content (AvgIpc) is 2.60. The largest absolute Gasteiger partial charge is 0.347 e. The SMILES string of the molecule is Cc1ccc2c(c1)c(C(=O)C(C)CBr)c(C)n2C.